The van der Waals surface area contributed by atoms with E-state index in [9.17, 15) is 9.18 Å². The largest absolute Gasteiger partial charge is 0.298 e. The Morgan fingerprint density at radius 2 is 1.80 bits per heavy atom. The Balaban J connectivity index is 2.30. The molecule has 1 aromatic carbocycles. The van der Waals surface area contributed by atoms with E-state index >= 15 is 0 Å². The van der Waals surface area contributed by atoms with Crippen LogP contribution in [-0.4, -0.2) is 13.0 Å². The number of aldehydes is 1. The van der Waals surface area contributed by atoms with Crippen molar-refractivity contribution in [2.24, 2.45) is 0 Å². The molecular weight excluding hydrogens is 191 g/mol. The molecule has 0 atom stereocenters. The molecule has 1 nitrogen and oxygen atoms in total. The first-order valence-corrected chi connectivity index (χ1v) is 5.42. The van der Waals surface area contributed by atoms with Crippen LogP contribution in [0.15, 0.2) is 24.3 Å². The summed E-state index contributed by atoms with van der Waals surface area (Å²) in [6.45, 7) is -0.284. The minimum atomic E-state index is -0.284. The number of halogens is 1. The molecular formula is C13H15FO. The minimum absolute atomic E-state index is 0.262. The van der Waals surface area contributed by atoms with Crippen LogP contribution in [0.25, 0.3) is 0 Å². The summed E-state index contributed by atoms with van der Waals surface area (Å²) in [4.78, 5) is 10.5. The third kappa shape index (κ3) is 1.81. The van der Waals surface area contributed by atoms with Gasteiger partial charge < -0.3 is 0 Å². The van der Waals surface area contributed by atoms with Crippen molar-refractivity contribution in [1.29, 1.82) is 0 Å². The molecule has 0 heterocycles. The minimum Gasteiger partial charge on any atom is -0.298 e. The van der Waals surface area contributed by atoms with E-state index < -0.39 is 0 Å². The number of rotatable bonds is 3. The lowest BCUT2D eigenvalue weighted by Crippen LogP contribution is -2.24. The van der Waals surface area contributed by atoms with Crippen molar-refractivity contribution >= 4 is 6.29 Å². The Morgan fingerprint density at radius 1 is 1.20 bits per heavy atom. The number of hydrogen-bond donors (Lipinski definition) is 0. The zero-order valence-corrected chi connectivity index (χ0v) is 8.71. The van der Waals surface area contributed by atoms with Gasteiger partial charge in [-0.05, 0) is 18.4 Å². The average molecular weight is 206 g/mol. The van der Waals surface area contributed by atoms with E-state index in [1.165, 1.54) is 0 Å². The highest BCUT2D eigenvalue weighted by Crippen LogP contribution is 2.41. The number of alkyl halides is 1. The predicted octanol–water partition coefficient (Wildman–Crippen LogP) is 3.28. The summed E-state index contributed by atoms with van der Waals surface area (Å²) < 4.78 is 13.2. The third-order valence-corrected chi connectivity index (χ3v) is 3.48. The Kier molecular flexibility index (Phi) is 2.85. The molecule has 1 saturated carbocycles. The van der Waals surface area contributed by atoms with Crippen LogP contribution in [0.1, 0.15) is 41.6 Å². The second kappa shape index (κ2) is 4.13. The predicted molar refractivity (Wildman–Crippen MR) is 58.0 cm³/mol. The van der Waals surface area contributed by atoms with E-state index in [0.29, 0.717) is 5.56 Å². The fourth-order valence-electron chi connectivity index (χ4n) is 2.47. The summed E-state index contributed by atoms with van der Waals surface area (Å²) in [7, 11) is 0. The lowest BCUT2D eigenvalue weighted by molar-refractivity contribution is 0.112. The van der Waals surface area contributed by atoms with Gasteiger partial charge in [0.05, 0.1) is 6.67 Å². The van der Waals surface area contributed by atoms with Crippen molar-refractivity contribution in [3.63, 3.8) is 0 Å². The normalized spacial score (nSPS) is 19.0. The fraction of sp³-hybridized carbons (Fsp3) is 0.462. The highest BCUT2D eigenvalue weighted by atomic mass is 19.1. The molecule has 0 bridgehead atoms. The summed E-state index contributed by atoms with van der Waals surface area (Å²) in [5, 5.41) is 0. The first-order valence-electron chi connectivity index (χ1n) is 5.42. The number of benzene rings is 1. The Morgan fingerprint density at radius 3 is 2.27 bits per heavy atom. The van der Waals surface area contributed by atoms with Crippen molar-refractivity contribution in [3.05, 3.63) is 35.4 Å². The Hall–Kier alpha value is -1.18. The molecule has 1 aromatic rings. The van der Waals surface area contributed by atoms with Gasteiger partial charge in [-0.1, -0.05) is 37.1 Å². The van der Waals surface area contributed by atoms with Gasteiger partial charge in [-0.15, -0.1) is 0 Å². The van der Waals surface area contributed by atoms with Crippen LogP contribution in [0.3, 0.4) is 0 Å². The van der Waals surface area contributed by atoms with E-state index in [-0.39, 0.29) is 12.1 Å². The maximum absolute atomic E-state index is 13.2. The summed E-state index contributed by atoms with van der Waals surface area (Å²) in [5.74, 6) is 0. The van der Waals surface area contributed by atoms with Crippen molar-refractivity contribution in [2.75, 3.05) is 6.67 Å². The van der Waals surface area contributed by atoms with Crippen molar-refractivity contribution in [3.8, 4) is 0 Å². The van der Waals surface area contributed by atoms with E-state index in [1.807, 2.05) is 12.1 Å². The van der Waals surface area contributed by atoms with Gasteiger partial charge in [-0.25, -0.2) is 0 Å². The molecule has 0 aliphatic heterocycles. The second-order valence-corrected chi connectivity index (χ2v) is 4.36. The van der Waals surface area contributed by atoms with Gasteiger partial charge in [-0.3, -0.25) is 9.18 Å². The van der Waals surface area contributed by atoms with Crippen LogP contribution in [0, 0.1) is 0 Å². The van der Waals surface area contributed by atoms with Gasteiger partial charge >= 0.3 is 0 Å². The summed E-state index contributed by atoms with van der Waals surface area (Å²) in [6.07, 6.45) is 4.91. The third-order valence-electron chi connectivity index (χ3n) is 3.48. The molecule has 2 heteroatoms. The maximum Gasteiger partial charge on any atom is 0.150 e. The van der Waals surface area contributed by atoms with Crippen molar-refractivity contribution in [2.45, 2.75) is 31.1 Å². The lowest BCUT2D eigenvalue weighted by atomic mass is 9.80. The SMILES string of the molecule is O=Cc1ccc(C2(CF)CCCC2)cc1. The first kappa shape index (κ1) is 10.3. The number of hydrogen-bond acceptors (Lipinski definition) is 1. The molecule has 2 rings (SSSR count). The molecule has 0 N–H and O–H groups in total. The van der Waals surface area contributed by atoms with E-state index in [4.69, 9.17) is 0 Å². The molecule has 0 unspecified atom stereocenters. The molecule has 80 valence electrons. The van der Waals surface area contributed by atoms with E-state index in [0.717, 1.165) is 37.5 Å². The molecule has 0 aromatic heterocycles. The van der Waals surface area contributed by atoms with Crippen molar-refractivity contribution in [1.82, 2.24) is 0 Å². The molecule has 1 aliphatic carbocycles. The standard InChI is InChI=1S/C13H15FO/c14-10-13(7-1-2-8-13)12-5-3-11(9-15)4-6-12/h3-6,9H,1-2,7-8,10H2. The summed E-state index contributed by atoms with van der Waals surface area (Å²) in [6, 6.07) is 7.35. The number of carbonyl (C=O) groups is 1. The molecule has 0 spiro atoms. The molecule has 0 saturated heterocycles. The Labute approximate surface area is 89.3 Å². The van der Waals surface area contributed by atoms with Crippen LogP contribution in [0.4, 0.5) is 4.39 Å². The second-order valence-electron chi connectivity index (χ2n) is 4.36. The molecule has 15 heavy (non-hydrogen) atoms. The monoisotopic (exact) mass is 206 g/mol. The van der Waals surface area contributed by atoms with Crippen LogP contribution >= 0.6 is 0 Å². The van der Waals surface area contributed by atoms with Gasteiger partial charge in [0.25, 0.3) is 0 Å². The van der Waals surface area contributed by atoms with Crippen molar-refractivity contribution < 1.29 is 9.18 Å². The average Bonchev–Trinajstić information content (AvgIpc) is 2.79. The molecule has 0 amide bonds. The van der Waals surface area contributed by atoms with Gasteiger partial charge in [0.1, 0.15) is 6.29 Å². The Bertz CT molecular complexity index is 336. The fourth-order valence-corrected chi connectivity index (χ4v) is 2.47. The van der Waals surface area contributed by atoms with Crippen LogP contribution in [0.5, 0.6) is 0 Å². The highest BCUT2D eigenvalue weighted by Gasteiger charge is 2.35. The van der Waals surface area contributed by atoms with Crippen LogP contribution in [0.2, 0.25) is 0 Å². The summed E-state index contributed by atoms with van der Waals surface area (Å²) in [5.41, 5.74) is 1.44. The number of carbonyl (C=O) groups excluding carboxylic acids is 1. The smallest absolute Gasteiger partial charge is 0.150 e. The molecule has 1 aliphatic rings. The zero-order chi connectivity index (χ0) is 10.7. The maximum atomic E-state index is 13.2. The van der Waals surface area contributed by atoms with Gasteiger partial charge in [-0.2, -0.15) is 0 Å². The van der Waals surface area contributed by atoms with Gasteiger partial charge in [0.2, 0.25) is 0 Å². The van der Waals surface area contributed by atoms with Crippen LogP contribution in [-0.2, 0) is 5.41 Å². The molecule has 0 radical (unpaired) electrons. The lowest BCUT2D eigenvalue weighted by Gasteiger charge is -2.25. The van der Waals surface area contributed by atoms with Gasteiger partial charge in [0, 0.05) is 11.0 Å². The molecule has 1 fully saturated rings. The van der Waals surface area contributed by atoms with Gasteiger partial charge in [0.15, 0.2) is 0 Å². The topological polar surface area (TPSA) is 17.1 Å². The van der Waals surface area contributed by atoms with Crippen LogP contribution < -0.4 is 0 Å². The van der Waals surface area contributed by atoms with E-state index in [1.54, 1.807) is 12.1 Å². The van der Waals surface area contributed by atoms with E-state index in [2.05, 4.69) is 0 Å². The zero-order valence-electron chi connectivity index (χ0n) is 8.71. The quantitative estimate of drug-likeness (QED) is 0.693. The highest BCUT2D eigenvalue weighted by molar-refractivity contribution is 5.74. The first-order chi connectivity index (χ1) is 7.30. The summed E-state index contributed by atoms with van der Waals surface area (Å²) >= 11 is 0.